The molecule has 2 N–H and O–H groups in total. The van der Waals surface area contributed by atoms with E-state index in [1.807, 2.05) is 6.07 Å². The molecule has 1 spiro atoms. The number of carbonyl (C=O) groups is 1. The highest BCUT2D eigenvalue weighted by Crippen LogP contribution is 2.33. The molecule has 2 aliphatic rings. The summed E-state index contributed by atoms with van der Waals surface area (Å²) in [6.45, 7) is 0.695. The highest BCUT2D eigenvalue weighted by Gasteiger charge is 2.42. The van der Waals surface area contributed by atoms with E-state index in [2.05, 4.69) is 31.5 Å². The largest absolute Gasteiger partial charge is 0.309 e. The van der Waals surface area contributed by atoms with Crippen molar-refractivity contribution in [3.8, 4) is 0 Å². The molecule has 1 aromatic rings. The van der Waals surface area contributed by atoms with Crippen molar-refractivity contribution in [1.82, 2.24) is 10.3 Å². The van der Waals surface area contributed by atoms with Gasteiger partial charge in [-0.05, 0) is 34.8 Å². The number of hydrogen-bond donors (Lipinski definition) is 2. The second-order valence-electron chi connectivity index (χ2n) is 4.76. The summed E-state index contributed by atoms with van der Waals surface area (Å²) < 4.78 is 0.940. The summed E-state index contributed by atoms with van der Waals surface area (Å²) in [4.78, 5) is 16.5. The second-order valence-corrected chi connectivity index (χ2v) is 5.67. The Labute approximate surface area is 108 Å². The summed E-state index contributed by atoms with van der Waals surface area (Å²) in [7, 11) is 0. The van der Waals surface area contributed by atoms with Gasteiger partial charge < -0.3 is 5.32 Å². The molecule has 0 bridgehead atoms. The lowest BCUT2D eigenvalue weighted by molar-refractivity contribution is -0.122. The number of nitrogens with zero attached hydrogens (tertiary/aromatic N) is 1. The fourth-order valence-corrected chi connectivity index (χ4v) is 3.06. The first kappa shape index (κ1) is 11.2. The number of pyridine rings is 1. The van der Waals surface area contributed by atoms with Crippen LogP contribution < -0.4 is 10.6 Å². The number of fused-ring (bicyclic) bond motifs is 1. The number of aromatic nitrogens is 1. The van der Waals surface area contributed by atoms with Crippen LogP contribution in [-0.2, 0) is 11.3 Å². The Morgan fingerprint density at radius 3 is 2.88 bits per heavy atom. The Kier molecular flexibility index (Phi) is 2.67. The Morgan fingerprint density at radius 1 is 1.35 bits per heavy atom. The smallest absolute Gasteiger partial charge is 0.245 e. The van der Waals surface area contributed by atoms with E-state index in [0.717, 1.165) is 35.7 Å². The van der Waals surface area contributed by atoms with E-state index < -0.39 is 0 Å². The minimum Gasteiger partial charge on any atom is -0.309 e. The molecule has 0 atom stereocenters. The van der Waals surface area contributed by atoms with E-state index in [1.165, 1.54) is 0 Å². The van der Waals surface area contributed by atoms with Gasteiger partial charge in [0.25, 0.3) is 0 Å². The number of rotatable bonds is 0. The van der Waals surface area contributed by atoms with Gasteiger partial charge in [0.05, 0.1) is 5.54 Å². The molecular weight excluding hydrogens is 282 g/mol. The molecule has 0 aromatic carbocycles. The summed E-state index contributed by atoms with van der Waals surface area (Å²) in [5, 5.41) is 6.37. The average Bonchev–Trinajstić information content (AvgIpc) is 2.74. The molecule has 1 amide bonds. The average molecular weight is 296 g/mol. The lowest BCUT2D eigenvalue weighted by Crippen LogP contribution is -2.50. The Balaban J connectivity index is 1.96. The minimum absolute atomic E-state index is 0.0728. The van der Waals surface area contributed by atoms with Gasteiger partial charge in [-0.1, -0.05) is 12.8 Å². The number of carbonyl (C=O) groups excluding carboxylic acids is 1. The first-order chi connectivity index (χ1) is 8.20. The van der Waals surface area contributed by atoms with Gasteiger partial charge in [-0.2, -0.15) is 0 Å². The maximum Gasteiger partial charge on any atom is 0.245 e. The van der Waals surface area contributed by atoms with Crippen LogP contribution in [-0.4, -0.2) is 16.4 Å². The van der Waals surface area contributed by atoms with Gasteiger partial charge in [0.2, 0.25) is 5.91 Å². The molecule has 0 radical (unpaired) electrons. The maximum absolute atomic E-state index is 12.3. The first-order valence-corrected chi connectivity index (χ1v) is 6.70. The van der Waals surface area contributed by atoms with E-state index in [-0.39, 0.29) is 11.4 Å². The summed E-state index contributed by atoms with van der Waals surface area (Å²) in [6, 6.07) is 2.00. The van der Waals surface area contributed by atoms with Gasteiger partial charge in [-0.3, -0.25) is 10.1 Å². The van der Waals surface area contributed by atoms with Gasteiger partial charge in [-0.25, -0.2) is 4.98 Å². The molecule has 17 heavy (non-hydrogen) atoms. The second kappa shape index (κ2) is 4.07. The molecule has 4 nitrogen and oxygen atoms in total. The van der Waals surface area contributed by atoms with Crippen LogP contribution in [0.25, 0.3) is 0 Å². The van der Waals surface area contributed by atoms with Gasteiger partial charge in [-0.15, -0.1) is 0 Å². The molecule has 5 heteroatoms. The zero-order valence-electron chi connectivity index (χ0n) is 9.42. The van der Waals surface area contributed by atoms with E-state index >= 15 is 0 Å². The van der Waals surface area contributed by atoms with E-state index in [9.17, 15) is 4.79 Å². The molecule has 1 aliphatic heterocycles. The van der Waals surface area contributed by atoms with Crippen LogP contribution in [0.1, 0.15) is 31.2 Å². The topological polar surface area (TPSA) is 54.0 Å². The highest BCUT2D eigenvalue weighted by molar-refractivity contribution is 9.10. The molecule has 0 saturated heterocycles. The van der Waals surface area contributed by atoms with Crippen molar-refractivity contribution in [1.29, 1.82) is 0 Å². The van der Waals surface area contributed by atoms with Crippen LogP contribution in [0, 0.1) is 0 Å². The molecule has 1 aliphatic carbocycles. The molecule has 90 valence electrons. The van der Waals surface area contributed by atoms with E-state index in [0.29, 0.717) is 12.4 Å². The molecular formula is C12H14BrN3O. The number of hydrogen-bond acceptors (Lipinski definition) is 3. The van der Waals surface area contributed by atoms with Crippen molar-refractivity contribution in [2.75, 3.05) is 5.32 Å². The van der Waals surface area contributed by atoms with Crippen LogP contribution in [0.5, 0.6) is 0 Å². The van der Waals surface area contributed by atoms with Gasteiger partial charge in [0, 0.05) is 22.8 Å². The van der Waals surface area contributed by atoms with Crippen LogP contribution in [0.3, 0.4) is 0 Å². The zero-order chi connectivity index (χ0) is 11.9. The standard InChI is InChI=1S/C12H14BrN3O/c13-9-5-8-6-15-12(3-1-2-4-12)11(17)16-10(8)14-7-9/h5,7,15H,1-4,6H2,(H,14,16,17). The highest BCUT2D eigenvalue weighted by atomic mass is 79.9. The monoisotopic (exact) mass is 295 g/mol. The van der Waals surface area contributed by atoms with Gasteiger partial charge in [0.15, 0.2) is 0 Å². The fraction of sp³-hybridized carbons (Fsp3) is 0.500. The third-order valence-electron chi connectivity index (χ3n) is 3.67. The third-order valence-corrected chi connectivity index (χ3v) is 4.11. The van der Waals surface area contributed by atoms with Crippen molar-refractivity contribution in [3.63, 3.8) is 0 Å². The van der Waals surface area contributed by atoms with Crippen molar-refractivity contribution >= 4 is 27.7 Å². The minimum atomic E-state index is -0.368. The molecule has 1 aromatic heterocycles. The summed E-state index contributed by atoms with van der Waals surface area (Å²) >= 11 is 3.40. The predicted octanol–water partition coefficient (Wildman–Crippen LogP) is 2.20. The number of halogens is 1. The van der Waals surface area contributed by atoms with Crippen LogP contribution in [0.2, 0.25) is 0 Å². The Morgan fingerprint density at radius 2 is 2.12 bits per heavy atom. The summed E-state index contributed by atoms with van der Waals surface area (Å²) in [5.41, 5.74) is 0.671. The van der Waals surface area contributed by atoms with Crippen molar-refractivity contribution in [3.05, 3.63) is 22.3 Å². The van der Waals surface area contributed by atoms with Crippen LogP contribution >= 0.6 is 15.9 Å². The third kappa shape index (κ3) is 1.87. The number of anilines is 1. The molecule has 0 unspecified atom stereocenters. The zero-order valence-corrected chi connectivity index (χ0v) is 11.0. The predicted molar refractivity (Wildman–Crippen MR) is 68.6 cm³/mol. The van der Waals surface area contributed by atoms with Gasteiger partial charge >= 0.3 is 0 Å². The maximum atomic E-state index is 12.3. The quantitative estimate of drug-likeness (QED) is 0.771. The molecule has 3 rings (SSSR count). The van der Waals surface area contributed by atoms with E-state index in [4.69, 9.17) is 0 Å². The Bertz CT molecular complexity index is 469. The Hall–Kier alpha value is -0.940. The number of amides is 1. The van der Waals surface area contributed by atoms with E-state index in [1.54, 1.807) is 6.20 Å². The van der Waals surface area contributed by atoms with Crippen LogP contribution in [0.15, 0.2) is 16.7 Å². The lowest BCUT2D eigenvalue weighted by Gasteiger charge is -2.26. The number of nitrogens with one attached hydrogen (secondary N) is 2. The molecule has 1 saturated carbocycles. The molecule has 1 fully saturated rings. The normalized spacial score (nSPS) is 22.1. The van der Waals surface area contributed by atoms with Crippen molar-refractivity contribution in [2.45, 2.75) is 37.8 Å². The summed E-state index contributed by atoms with van der Waals surface area (Å²) in [6.07, 6.45) is 5.80. The summed E-state index contributed by atoms with van der Waals surface area (Å²) in [5.74, 6) is 0.762. The molecule has 2 heterocycles. The lowest BCUT2D eigenvalue weighted by atomic mass is 9.97. The van der Waals surface area contributed by atoms with Crippen molar-refractivity contribution in [2.24, 2.45) is 0 Å². The van der Waals surface area contributed by atoms with Crippen molar-refractivity contribution < 1.29 is 4.79 Å². The first-order valence-electron chi connectivity index (χ1n) is 5.91. The fourth-order valence-electron chi connectivity index (χ4n) is 2.68. The van der Waals surface area contributed by atoms with Gasteiger partial charge in [0.1, 0.15) is 5.82 Å². The SMILES string of the molecule is O=C1Nc2ncc(Br)cc2CNC12CCCC2. The van der Waals surface area contributed by atoms with Crippen LogP contribution in [0.4, 0.5) is 5.82 Å².